The van der Waals surface area contributed by atoms with E-state index < -0.39 is 10.0 Å². The molecule has 2 heterocycles. The molecule has 2 rings (SSSR count). The first-order valence-corrected chi connectivity index (χ1v) is 9.63. The van der Waals surface area contributed by atoms with E-state index in [1.165, 1.54) is 11.3 Å². The maximum Gasteiger partial charge on any atom is 0.244 e. The van der Waals surface area contributed by atoms with Gasteiger partial charge in [-0.3, -0.25) is 0 Å². The number of thiophene rings is 1. The Hall–Kier alpha value is -0.470. The number of piperidine rings is 1. The molecule has 0 bridgehead atoms. The summed E-state index contributed by atoms with van der Waals surface area (Å²) in [4.78, 5) is 3.56. The Morgan fingerprint density at radius 1 is 1.38 bits per heavy atom. The average molecular weight is 332 g/mol. The maximum atomic E-state index is 12.8. The second-order valence-corrected chi connectivity index (χ2v) is 8.76. The van der Waals surface area contributed by atoms with Gasteiger partial charge in [-0.25, -0.2) is 8.42 Å². The molecule has 120 valence electrons. The second kappa shape index (κ2) is 7.19. The molecule has 1 aliphatic heterocycles. The zero-order valence-electron chi connectivity index (χ0n) is 13.0. The van der Waals surface area contributed by atoms with Crippen LogP contribution in [-0.2, 0) is 16.6 Å². The maximum absolute atomic E-state index is 12.8. The summed E-state index contributed by atoms with van der Waals surface area (Å²) < 4.78 is 27.2. The lowest BCUT2D eigenvalue weighted by Crippen LogP contribution is -2.40. The van der Waals surface area contributed by atoms with Gasteiger partial charge in [0.1, 0.15) is 0 Å². The summed E-state index contributed by atoms with van der Waals surface area (Å²) in [5.41, 5.74) is 0. The molecule has 0 unspecified atom stereocenters. The molecule has 21 heavy (non-hydrogen) atoms. The number of nitrogens with one attached hydrogen (secondary N) is 1. The molecule has 1 aromatic rings. The van der Waals surface area contributed by atoms with E-state index in [0.29, 0.717) is 30.4 Å². The summed E-state index contributed by atoms with van der Waals surface area (Å²) in [6.07, 6.45) is 1.89. The third-order valence-corrected chi connectivity index (χ3v) is 6.89. The third kappa shape index (κ3) is 4.04. The Bertz CT molecular complexity index is 546. The average Bonchev–Trinajstić information content (AvgIpc) is 2.88. The van der Waals surface area contributed by atoms with Gasteiger partial charge in [0.2, 0.25) is 10.0 Å². The number of hydrogen-bond acceptors (Lipinski definition) is 5. The van der Waals surface area contributed by atoms with E-state index >= 15 is 0 Å². The first kappa shape index (κ1) is 16.9. The predicted molar refractivity (Wildman–Crippen MR) is 87.1 cm³/mol. The smallest absolute Gasteiger partial charge is 0.244 e. The second-order valence-electron chi connectivity index (χ2n) is 5.85. The van der Waals surface area contributed by atoms with E-state index in [4.69, 9.17) is 0 Å². The Morgan fingerprint density at radius 2 is 2.05 bits per heavy atom. The van der Waals surface area contributed by atoms with Crippen LogP contribution in [0.3, 0.4) is 0 Å². The number of rotatable bonds is 6. The largest absolute Gasteiger partial charge is 0.315 e. The monoisotopic (exact) mass is 331 g/mol. The molecule has 0 radical (unpaired) electrons. The van der Waals surface area contributed by atoms with Crippen molar-refractivity contribution in [1.29, 1.82) is 0 Å². The first-order valence-electron chi connectivity index (χ1n) is 7.31. The normalized spacial score (nSPS) is 18.5. The van der Waals surface area contributed by atoms with Crippen molar-refractivity contribution in [3.63, 3.8) is 0 Å². The fraction of sp³-hybridized carbons (Fsp3) is 0.714. The molecule has 1 aliphatic rings. The summed E-state index contributed by atoms with van der Waals surface area (Å²) >= 11 is 1.50. The zero-order chi connectivity index (χ0) is 15.5. The van der Waals surface area contributed by atoms with Crippen LogP contribution < -0.4 is 5.32 Å². The van der Waals surface area contributed by atoms with Crippen LogP contribution in [-0.4, -0.2) is 58.4 Å². The number of sulfonamides is 1. The minimum atomic E-state index is -3.33. The Labute approximate surface area is 132 Å². The molecule has 7 heteroatoms. The molecule has 1 saturated heterocycles. The standard InChI is InChI=1S/C14H25N3O2S2/c1-15-10-13-14(6-9-20-13)21(18,19)17-7-4-12(5-8-17)11-16(2)3/h6,9,12,15H,4-5,7-8,10-11H2,1-3H3. The predicted octanol–water partition coefficient (Wildman–Crippen LogP) is 1.43. The van der Waals surface area contributed by atoms with E-state index in [1.54, 1.807) is 10.4 Å². The molecule has 0 amide bonds. The van der Waals surface area contributed by atoms with Gasteiger partial charge in [-0.2, -0.15) is 4.31 Å². The molecule has 0 spiro atoms. The lowest BCUT2D eigenvalue weighted by atomic mass is 9.98. The Morgan fingerprint density at radius 3 is 2.62 bits per heavy atom. The number of hydrogen-bond donors (Lipinski definition) is 1. The van der Waals surface area contributed by atoms with Crippen LogP contribution in [0.4, 0.5) is 0 Å². The van der Waals surface area contributed by atoms with Crippen molar-refractivity contribution in [2.24, 2.45) is 5.92 Å². The highest BCUT2D eigenvalue weighted by molar-refractivity contribution is 7.89. The lowest BCUT2D eigenvalue weighted by molar-refractivity contribution is 0.225. The first-order chi connectivity index (χ1) is 9.95. The van der Waals surface area contributed by atoms with E-state index in [2.05, 4.69) is 24.3 Å². The van der Waals surface area contributed by atoms with Gasteiger partial charge >= 0.3 is 0 Å². The van der Waals surface area contributed by atoms with Crippen LogP contribution in [0.15, 0.2) is 16.3 Å². The zero-order valence-corrected chi connectivity index (χ0v) is 14.6. The van der Waals surface area contributed by atoms with Crippen LogP contribution in [0.25, 0.3) is 0 Å². The summed E-state index contributed by atoms with van der Waals surface area (Å²) in [5, 5.41) is 4.90. The van der Waals surface area contributed by atoms with Crippen molar-refractivity contribution in [2.45, 2.75) is 24.3 Å². The minimum Gasteiger partial charge on any atom is -0.315 e. The molecule has 1 fully saturated rings. The molecule has 0 atom stereocenters. The minimum absolute atomic E-state index is 0.480. The molecular formula is C14H25N3O2S2. The van der Waals surface area contributed by atoms with Crippen molar-refractivity contribution in [3.8, 4) is 0 Å². The van der Waals surface area contributed by atoms with Gasteiger partial charge in [-0.05, 0) is 51.3 Å². The highest BCUT2D eigenvalue weighted by atomic mass is 32.2. The van der Waals surface area contributed by atoms with Crippen molar-refractivity contribution in [2.75, 3.05) is 40.8 Å². The van der Waals surface area contributed by atoms with Crippen LogP contribution >= 0.6 is 11.3 Å². The third-order valence-electron chi connectivity index (χ3n) is 3.86. The van der Waals surface area contributed by atoms with E-state index in [0.717, 1.165) is 24.3 Å². The summed E-state index contributed by atoms with van der Waals surface area (Å²) in [5.74, 6) is 0.603. The summed E-state index contributed by atoms with van der Waals surface area (Å²) in [6, 6.07) is 1.73. The fourth-order valence-electron chi connectivity index (χ4n) is 2.84. The quantitative estimate of drug-likeness (QED) is 0.857. The summed E-state index contributed by atoms with van der Waals surface area (Å²) in [6.45, 7) is 2.91. The van der Waals surface area contributed by atoms with Gasteiger partial charge in [-0.15, -0.1) is 11.3 Å². The highest BCUT2D eigenvalue weighted by Gasteiger charge is 2.31. The lowest BCUT2D eigenvalue weighted by Gasteiger charge is -2.32. The van der Waals surface area contributed by atoms with Gasteiger partial charge < -0.3 is 10.2 Å². The van der Waals surface area contributed by atoms with Gasteiger partial charge in [0.15, 0.2) is 0 Å². The number of nitrogens with zero attached hydrogens (tertiary/aromatic N) is 2. The van der Waals surface area contributed by atoms with E-state index in [1.807, 2.05) is 12.4 Å². The molecule has 0 saturated carbocycles. The molecular weight excluding hydrogens is 306 g/mol. The Kier molecular flexibility index (Phi) is 5.79. The van der Waals surface area contributed by atoms with Crippen LogP contribution in [0.5, 0.6) is 0 Å². The molecule has 0 aromatic carbocycles. The highest BCUT2D eigenvalue weighted by Crippen LogP contribution is 2.28. The molecule has 5 nitrogen and oxygen atoms in total. The van der Waals surface area contributed by atoms with Crippen molar-refractivity contribution in [1.82, 2.24) is 14.5 Å². The van der Waals surface area contributed by atoms with Gasteiger partial charge in [0.25, 0.3) is 0 Å². The van der Waals surface area contributed by atoms with Crippen LogP contribution in [0.1, 0.15) is 17.7 Å². The van der Waals surface area contributed by atoms with Gasteiger partial charge in [0, 0.05) is 31.1 Å². The molecule has 1 aromatic heterocycles. The van der Waals surface area contributed by atoms with E-state index in [9.17, 15) is 8.42 Å². The van der Waals surface area contributed by atoms with Gasteiger partial charge in [-0.1, -0.05) is 0 Å². The molecule has 0 aliphatic carbocycles. The Balaban J connectivity index is 2.06. The fourth-order valence-corrected chi connectivity index (χ4v) is 5.73. The molecule has 1 N–H and O–H groups in total. The summed E-state index contributed by atoms with van der Waals surface area (Å²) in [7, 11) is 2.64. The van der Waals surface area contributed by atoms with Crippen LogP contribution in [0, 0.1) is 5.92 Å². The topological polar surface area (TPSA) is 52.7 Å². The van der Waals surface area contributed by atoms with Crippen molar-refractivity contribution in [3.05, 3.63) is 16.3 Å². The van der Waals surface area contributed by atoms with Gasteiger partial charge in [0.05, 0.1) is 4.90 Å². The van der Waals surface area contributed by atoms with Crippen LogP contribution in [0.2, 0.25) is 0 Å². The SMILES string of the molecule is CNCc1sccc1S(=O)(=O)N1CCC(CN(C)C)CC1. The van der Waals surface area contributed by atoms with Crippen molar-refractivity contribution < 1.29 is 8.42 Å². The van der Waals surface area contributed by atoms with Crippen molar-refractivity contribution >= 4 is 21.4 Å². The van der Waals surface area contributed by atoms with E-state index in [-0.39, 0.29) is 0 Å².